The summed E-state index contributed by atoms with van der Waals surface area (Å²) < 4.78 is 1.87. The first-order chi connectivity index (χ1) is 11.8. The first-order valence-electron chi connectivity index (χ1n) is 7.51. The number of aromatic nitrogens is 3. The van der Waals surface area contributed by atoms with Gasteiger partial charge >= 0.3 is 0 Å². The Morgan fingerprint density at radius 1 is 1.00 bits per heavy atom. The average molecular weight is 334 g/mol. The maximum Gasteiger partial charge on any atom is 0.234 e. The van der Waals surface area contributed by atoms with E-state index in [2.05, 4.69) is 15.5 Å². The van der Waals surface area contributed by atoms with Crippen molar-refractivity contribution in [1.82, 2.24) is 14.6 Å². The molecule has 0 aliphatic carbocycles. The molecule has 2 aromatic carbocycles. The molecule has 0 aliphatic rings. The SMILES string of the molecule is O=C(CSc1nnc2ccccn12)Nc1ccc2ccccc2c1. The van der Waals surface area contributed by atoms with Crippen LogP contribution >= 0.6 is 11.8 Å². The van der Waals surface area contributed by atoms with Gasteiger partial charge in [-0.25, -0.2) is 0 Å². The van der Waals surface area contributed by atoms with Crippen molar-refractivity contribution in [3.8, 4) is 0 Å². The number of benzene rings is 2. The summed E-state index contributed by atoms with van der Waals surface area (Å²) >= 11 is 1.36. The number of thioether (sulfide) groups is 1. The minimum Gasteiger partial charge on any atom is -0.325 e. The maximum atomic E-state index is 12.2. The third kappa shape index (κ3) is 2.96. The molecule has 1 N–H and O–H groups in total. The highest BCUT2D eigenvalue weighted by molar-refractivity contribution is 7.99. The lowest BCUT2D eigenvalue weighted by atomic mass is 10.1. The molecule has 24 heavy (non-hydrogen) atoms. The molecule has 0 unspecified atom stereocenters. The van der Waals surface area contributed by atoms with Crippen LogP contribution in [0, 0.1) is 0 Å². The van der Waals surface area contributed by atoms with E-state index in [-0.39, 0.29) is 11.7 Å². The van der Waals surface area contributed by atoms with E-state index in [9.17, 15) is 4.79 Å². The van der Waals surface area contributed by atoms with Gasteiger partial charge in [0.25, 0.3) is 0 Å². The highest BCUT2D eigenvalue weighted by atomic mass is 32.2. The van der Waals surface area contributed by atoms with E-state index >= 15 is 0 Å². The van der Waals surface area contributed by atoms with Gasteiger partial charge in [-0.3, -0.25) is 9.20 Å². The summed E-state index contributed by atoms with van der Waals surface area (Å²) in [6, 6.07) is 19.7. The zero-order chi connectivity index (χ0) is 16.4. The Kier molecular flexibility index (Phi) is 3.88. The molecule has 0 bridgehead atoms. The van der Waals surface area contributed by atoms with Crippen LogP contribution in [-0.4, -0.2) is 26.3 Å². The molecule has 2 aromatic heterocycles. The highest BCUT2D eigenvalue weighted by Gasteiger charge is 2.09. The summed E-state index contributed by atoms with van der Waals surface area (Å²) in [6.45, 7) is 0. The van der Waals surface area contributed by atoms with Crippen molar-refractivity contribution in [3.63, 3.8) is 0 Å². The second-order valence-electron chi connectivity index (χ2n) is 5.31. The van der Waals surface area contributed by atoms with Crippen LogP contribution in [0.25, 0.3) is 16.4 Å². The molecule has 5 nitrogen and oxygen atoms in total. The number of pyridine rings is 1. The van der Waals surface area contributed by atoms with Gasteiger partial charge in [-0.2, -0.15) is 0 Å². The number of anilines is 1. The molecule has 0 spiro atoms. The number of fused-ring (bicyclic) bond motifs is 2. The maximum absolute atomic E-state index is 12.2. The predicted octanol–water partition coefficient (Wildman–Crippen LogP) is 3.61. The van der Waals surface area contributed by atoms with E-state index in [0.717, 1.165) is 22.1 Å². The molecule has 0 radical (unpaired) electrons. The van der Waals surface area contributed by atoms with Crippen molar-refractivity contribution in [3.05, 3.63) is 66.9 Å². The van der Waals surface area contributed by atoms with Crippen molar-refractivity contribution < 1.29 is 4.79 Å². The van der Waals surface area contributed by atoms with Gasteiger partial charge in [-0.15, -0.1) is 10.2 Å². The van der Waals surface area contributed by atoms with E-state index in [1.807, 2.05) is 71.3 Å². The van der Waals surface area contributed by atoms with Crippen LogP contribution in [0.1, 0.15) is 0 Å². The van der Waals surface area contributed by atoms with Gasteiger partial charge in [-0.05, 0) is 35.0 Å². The first kappa shape index (κ1) is 14.7. The normalized spacial score (nSPS) is 11.0. The van der Waals surface area contributed by atoms with Gasteiger partial charge in [0.05, 0.1) is 5.75 Å². The lowest BCUT2D eigenvalue weighted by Gasteiger charge is -2.06. The summed E-state index contributed by atoms with van der Waals surface area (Å²) in [4.78, 5) is 12.2. The molecular weight excluding hydrogens is 320 g/mol. The van der Waals surface area contributed by atoms with Crippen LogP contribution < -0.4 is 5.32 Å². The van der Waals surface area contributed by atoms with Crippen LogP contribution in [0.15, 0.2) is 72.0 Å². The highest BCUT2D eigenvalue weighted by Crippen LogP contribution is 2.20. The summed E-state index contributed by atoms with van der Waals surface area (Å²) in [5.74, 6) is 0.214. The van der Waals surface area contributed by atoms with Crippen LogP contribution in [-0.2, 0) is 4.79 Å². The van der Waals surface area contributed by atoms with E-state index in [4.69, 9.17) is 0 Å². The van der Waals surface area contributed by atoms with Crippen molar-refractivity contribution in [2.24, 2.45) is 0 Å². The predicted molar refractivity (Wildman–Crippen MR) is 96.3 cm³/mol. The molecule has 2 heterocycles. The molecule has 0 saturated heterocycles. The monoisotopic (exact) mass is 334 g/mol. The summed E-state index contributed by atoms with van der Waals surface area (Å²) in [7, 11) is 0. The molecule has 0 aliphatic heterocycles. The summed E-state index contributed by atoms with van der Waals surface area (Å²) in [6.07, 6.45) is 1.89. The van der Waals surface area contributed by atoms with E-state index in [1.165, 1.54) is 11.8 Å². The second-order valence-corrected chi connectivity index (χ2v) is 6.25. The number of hydrogen-bond acceptors (Lipinski definition) is 4. The zero-order valence-corrected chi connectivity index (χ0v) is 13.5. The Morgan fingerprint density at radius 3 is 2.75 bits per heavy atom. The summed E-state index contributed by atoms with van der Waals surface area (Å²) in [5.41, 5.74) is 1.57. The minimum absolute atomic E-state index is 0.0667. The molecular formula is C18H14N4OS. The standard InChI is InChI=1S/C18H14N4OS/c23-17(12-24-18-21-20-16-7-3-4-10-22(16)18)19-15-9-8-13-5-1-2-6-14(13)11-15/h1-11H,12H2,(H,19,23). The van der Waals surface area contributed by atoms with Crippen molar-refractivity contribution in [2.75, 3.05) is 11.1 Å². The van der Waals surface area contributed by atoms with Gasteiger partial charge < -0.3 is 5.32 Å². The number of nitrogens with zero attached hydrogens (tertiary/aromatic N) is 3. The zero-order valence-electron chi connectivity index (χ0n) is 12.7. The Bertz CT molecular complexity index is 1030. The molecule has 1 amide bonds. The van der Waals surface area contributed by atoms with Crippen molar-refractivity contribution in [1.29, 1.82) is 0 Å². The largest absolute Gasteiger partial charge is 0.325 e. The van der Waals surface area contributed by atoms with Gasteiger partial charge in [0.2, 0.25) is 5.91 Å². The van der Waals surface area contributed by atoms with Crippen LogP contribution in [0.4, 0.5) is 5.69 Å². The second kappa shape index (κ2) is 6.33. The molecule has 6 heteroatoms. The molecule has 0 fully saturated rings. The summed E-state index contributed by atoms with van der Waals surface area (Å²) in [5, 5.41) is 14.1. The number of hydrogen-bond donors (Lipinski definition) is 1. The lowest BCUT2D eigenvalue weighted by molar-refractivity contribution is -0.113. The Labute approximate surface area is 142 Å². The fraction of sp³-hybridized carbons (Fsp3) is 0.0556. The first-order valence-corrected chi connectivity index (χ1v) is 8.49. The van der Waals surface area contributed by atoms with Gasteiger partial charge in [0.1, 0.15) is 0 Å². The third-order valence-electron chi connectivity index (χ3n) is 3.65. The number of amides is 1. The fourth-order valence-corrected chi connectivity index (χ4v) is 3.24. The lowest BCUT2D eigenvalue weighted by Crippen LogP contribution is -2.14. The molecule has 4 rings (SSSR count). The van der Waals surface area contributed by atoms with Crippen LogP contribution in [0.3, 0.4) is 0 Å². The number of nitrogens with one attached hydrogen (secondary N) is 1. The van der Waals surface area contributed by atoms with Crippen molar-refractivity contribution >= 4 is 39.8 Å². The van der Waals surface area contributed by atoms with Crippen LogP contribution in [0.2, 0.25) is 0 Å². The molecule has 0 saturated carbocycles. The molecule has 118 valence electrons. The Morgan fingerprint density at radius 2 is 1.83 bits per heavy atom. The Balaban J connectivity index is 1.44. The van der Waals surface area contributed by atoms with Crippen LogP contribution in [0.5, 0.6) is 0 Å². The minimum atomic E-state index is -0.0667. The number of rotatable bonds is 4. The number of carbonyl (C=O) groups excluding carboxylic acids is 1. The third-order valence-corrected chi connectivity index (χ3v) is 4.59. The Hall–Kier alpha value is -2.86. The van der Waals surface area contributed by atoms with E-state index < -0.39 is 0 Å². The smallest absolute Gasteiger partial charge is 0.234 e. The average Bonchev–Trinajstić information content (AvgIpc) is 3.03. The van der Waals surface area contributed by atoms with Crippen molar-refractivity contribution in [2.45, 2.75) is 5.16 Å². The van der Waals surface area contributed by atoms with E-state index in [1.54, 1.807) is 0 Å². The van der Waals surface area contributed by atoms with Gasteiger partial charge in [0.15, 0.2) is 10.8 Å². The molecule has 0 atom stereocenters. The van der Waals surface area contributed by atoms with E-state index in [0.29, 0.717) is 5.16 Å². The quantitative estimate of drug-likeness (QED) is 0.579. The topological polar surface area (TPSA) is 59.3 Å². The van der Waals surface area contributed by atoms with Gasteiger partial charge in [0, 0.05) is 11.9 Å². The van der Waals surface area contributed by atoms with Gasteiger partial charge in [-0.1, -0.05) is 48.2 Å². The number of carbonyl (C=O) groups is 1. The molecule has 4 aromatic rings. The fourth-order valence-electron chi connectivity index (χ4n) is 2.51.